The summed E-state index contributed by atoms with van der Waals surface area (Å²) < 4.78 is 6.06. The van der Waals surface area contributed by atoms with Gasteiger partial charge in [0.15, 0.2) is 0 Å². The molecule has 0 aliphatic carbocycles. The van der Waals surface area contributed by atoms with Crippen molar-refractivity contribution < 1.29 is 4.74 Å². The molecule has 0 unspecified atom stereocenters. The van der Waals surface area contributed by atoms with Gasteiger partial charge in [-0.25, -0.2) is 4.98 Å². The van der Waals surface area contributed by atoms with Gasteiger partial charge in [0.05, 0.1) is 17.3 Å². The predicted octanol–water partition coefficient (Wildman–Crippen LogP) is 5.54. The maximum Gasteiger partial charge on any atom is 0.121 e. The van der Waals surface area contributed by atoms with Crippen LogP contribution >= 0.6 is 0 Å². The van der Waals surface area contributed by atoms with Crippen LogP contribution in [0.4, 0.5) is 5.69 Å². The number of anilines is 1. The van der Waals surface area contributed by atoms with Crippen molar-refractivity contribution in [2.75, 3.05) is 19.0 Å². The summed E-state index contributed by atoms with van der Waals surface area (Å²) >= 11 is 0. The first-order chi connectivity index (χ1) is 12.1. The Kier molecular flexibility index (Phi) is 5.22. The molecule has 0 N–H and O–H groups in total. The van der Waals surface area contributed by atoms with E-state index in [2.05, 4.69) is 61.2 Å². The molecule has 25 heavy (non-hydrogen) atoms. The lowest BCUT2D eigenvalue weighted by atomic mass is 10.1. The maximum atomic E-state index is 6.06. The van der Waals surface area contributed by atoms with Crippen LogP contribution in [0.1, 0.15) is 26.7 Å². The second kappa shape index (κ2) is 7.56. The number of nitrogens with zero attached hydrogens (tertiary/aromatic N) is 2. The number of pyridine rings is 1. The van der Waals surface area contributed by atoms with Crippen LogP contribution in [-0.4, -0.2) is 25.2 Å². The average Bonchev–Trinajstić information content (AvgIpc) is 2.65. The highest BCUT2D eigenvalue weighted by Gasteiger charge is 2.07. The van der Waals surface area contributed by atoms with Crippen molar-refractivity contribution in [2.45, 2.75) is 32.8 Å². The standard InChI is InChI=1S/C22H26N2O/c1-5-19(6-2)25-20-13-9-17-10-14-21(23-22(17)15-20)16-7-11-18(12-8-16)24(3)4/h7-15,19H,5-6H2,1-4H3. The molecule has 0 saturated heterocycles. The highest BCUT2D eigenvalue weighted by molar-refractivity contribution is 5.83. The number of aromatic nitrogens is 1. The number of hydrogen-bond acceptors (Lipinski definition) is 3. The number of benzene rings is 2. The fourth-order valence-electron chi connectivity index (χ4n) is 2.91. The molecule has 0 atom stereocenters. The lowest BCUT2D eigenvalue weighted by Gasteiger charge is -2.16. The zero-order valence-electron chi connectivity index (χ0n) is 15.5. The van der Waals surface area contributed by atoms with Gasteiger partial charge in [0.1, 0.15) is 5.75 Å². The van der Waals surface area contributed by atoms with E-state index in [-0.39, 0.29) is 6.10 Å². The Morgan fingerprint density at radius 1 is 0.920 bits per heavy atom. The van der Waals surface area contributed by atoms with Crippen LogP contribution < -0.4 is 9.64 Å². The third-order valence-corrected chi connectivity index (χ3v) is 4.56. The molecule has 3 aromatic rings. The minimum atomic E-state index is 0.263. The highest BCUT2D eigenvalue weighted by Crippen LogP contribution is 2.26. The van der Waals surface area contributed by atoms with Gasteiger partial charge in [-0.15, -0.1) is 0 Å². The van der Waals surface area contributed by atoms with Crippen molar-refractivity contribution in [1.82, 2.24) is 4.98 Å². The van der Waals surface area contributed by atoms with Gasteiger partial charge in [0.25, 0.3) is 0 Å². The number of ether oxygens (including phenoxy) is 1. The van der Waals surface area contributed by atoms with Crippen molar-refractivity contribution >= 4 is 16.6 Å². The molecule has 0 saturated carbocycles. The van der Waals surface area contributed by atoms with Crippen LogP contribution in [0.3, 0.4) is 0 Å². The Morgan fingerprint density at radius 3 is 2.24 bits per heavy atom. The molecule has 0 amide bonds. The van der Waals surface area contributed by atoms with E-state index >= 15 is 0 Å². The van der Waals surface area contributed by atoms with Crippen molar-refractivity contribution in [1.29, 1.82) is 0 Å². The molecular formula is C22H26N2O. The molecule has 0 bridgehead atoms. The lowest BCUT2D eigenvalue weighted by Crippen LogP contribution is -2.13. The minimum absolute atomic E-state index is 0.263. The Bertz CT molecular complexity index is 836. The largest absolute Gasteiger partial charge is 0.490 e. The van der Waals surface area contributed by atoms with E-state index in [0.717, 1.165) is 40.8 Å². The SMILES string of the molecule is CCC(CC)Oc1ccc2ccc(-c3ccc(N(C)C)cc3)nc2c1. The van der Waals surface area contributed by atoms with E-state index in [1.807, 2.05) is 26.2 Å². The Hall–Kier alpha value is -2.55. The molecule has 1 aromatic heterocycles. The normalized spacial score (nSPS) is 11.1. The van der Waals surface area contributed by atoms with Crippen molar-refractivity contribution in [3.05, 3.63) is 54.6 Å². The van der Waals surface area contributed by atoms with Crippen LogP contribution in [0.5, 0.6) is 5.75 Å². The summed E-state index contributed by atoms with van der Waals surface area (Å²) in [6, 6.07) is 18.8. The van der Waals surface area contributed by atoms with E-state index < -0.39 is 0 Å². The lowest BCUT2D eigenvalue weighted by molar-refractivity contribution is 0.193. The number of fused-ring (bicyclic) bond motifs is 1. The van der Waals surface area contributed by atoms with Gasteiger partial charge in [0.2, 0.25) is 0 Å². The van der Waals surface area contributed by atoms with Crippen LogP contribution in [0, 0.1) is 0 Å². The van der Waals surface area contributed by atoms with E-state index in [9.17, 15) is 0 Å². The first kappa shape index (κ1) is 17.3. The Balaban J connectivity index is 1.92. The van der Waals surface area contributed by atoms with E-state index in [1.165, 1.54) is 5.69 Å². The fourth-order valence-corrected chi connectivity index (χ4v) is 2.91. The van der Waals surface area contributed by atoms with Gasteiger partial charge < -0.3 is 9.64 Å². The minimum Gasteiger partial charge on any atom is -0.490 e. The molecule has 130 valence electrons. The van der Waals surface area contributed by atoms with Gasteiger partial charge in [-0.2, -0.15) is 0 Å². The highest BCUT2D eigenvalue weighted by atomic mass is 16.5. The summed E-state index contributed by atoms with van der Waals surface area (Å²) in [6.07, 6.45) is 2.29. The van der Waals surface area contributed by atoms with Gasteiger partial charge in [0, 0.05) is 36.8 Å². The van der Waals surface area contributed by atoms with Gasteiger partial charge in [-0.1, -0.05) is 32.0 Å². The predicted molar refractivity (Wildman–Crippen MR) is 107 cm³/mol. The van der Waals surface area contributed by atoms with Crippen molar-refractivity contribution in [2.24, 2.45) is 0 Å². The van der Waals surface area contributed by atoms with Crippen molar-refractivity contribution in [3.8, 4) is 17.0 Å². The molecule has 3 heteroatoms. The number of hydrogen-bond donors (Lipinski definition) is 0. The molecule has 1 heterocycles. The van der Waals surface area contributed by atoms with Gasteiger partial charge in [-0.05, 0) is 43.2 Å². The van der Waals surface area contributed by atoms with Crippen LogP contribution in [0.15, 0.2) is 54.6 Å². The average molecular weight is 334 g/mol. The number of rotatable bonds is 6. The zero-order valence-corrected chi connectivity index (χ0v) is 15.5. The Morgan fingerprint density at radius 2 is 1.60 bits per heavy atom. The molecule has 0 radical (unpaired) electrons. The summed E-state index contributed by atoms with van der Waals surface area (Å²) in [5.74, 6) is 0.897. The van der Waals surface area contributed by atoms with Gasteiger partial charge >= 0.3 is 0 Å². The monoisotopic (exact) mass is 334 g/mol. The van der Waals surface area contributed by atoms with Crippen LogP contribution in [0.2, 0.25) is 0 Å². The molecule has 3 nitrogen and oxygen atoms in total. The summed E-state index contributed by atoms with van der Waals surface area (Å²) in [6.45, 7) is 4.31. The second-order valence-electron chi connectivity index (χ2n) is 6.55. The zero-order chi connectivity index (χ0) is 17.8. The molecule has 0 aliphatic rings. The van der Waals surface area contributed by atoms with E-state index in [4.69, 9.17) is 9.72 Å². The maximum absolute atomic E-state index is 6.06. The summed E-state index contributed by atoms with van der Waals surface area (Å²) in [5, 5.41) is 1.13. The molecule has 0 fully saturated rings. The third-order valence-electron chi connectivity index (χ3n) is 4.56. The molecule has 0 spiro atoms. The second-order valence-corrected chi connectivity index (χ2v) is 6.55. The molecular weight excluding hydrogens is 308 g/mol. The first-order valence-corrected chi connectivity index (χ1v) is 8.96. The Labute approximate surface area is 150 Å². The van der Waals surface area contributed by atoms with Crippen LogP contribution in [-0.2, 0) is 0 Å². The molecule has 3 rings (SSSR count). The summed E-state index contributed by atoms with van der Waals surface area (Å²) in [7, 11) is 4.09. The van der Waals surface area contributed by atoms with E-state index in [1.54, 1.807) is 0 Å². The molecule has 2 aromatic carbocycles. The van der Waals surface area contributed by atoms with Crippen molar-refractivity contribution in [3.63, 3.8) is 0 Å². The first-order valence-electron chi connectivity index (χ1n) is 8.96. The summed E-state index contributed by atoms with van der Waals surface area (Å²) in [5.41, 5.74) is 4.26. The summed E-state index contributed by atoms with van der Waals surface area (Å²) in [4.78, 5) is 6.94. The molecule has 0 aliphatic heterocycles. The van der Waals surface area contributed by atoms with E-state index in [0.29, 0.717) is 0 Å². The third kappa shape index (κ3) is 3.93. The van der Waals surface area contributed by atoms with Crippen LogP contribution in [0.25, 0.3) is 22.2 Å². The smallest absolute Gasteiger partial charge is 0.121 e. The fraction of sp³-hybridized carbons (Fsp3) is 0.318. The van der Waals surface area contributed by atoms with Gasteiger partial charge in [-0.3, -0.25) is 0 Å². The topological polar surface area (TPSA) is 25.4 Å². The quantitative estimate of drug-likeness (QED) is 0.592.